The van der Waals surface area contributed by atoms with Crippen molar-refractivity contribution in [2.45, 2.75) is 31.1 Å². The number of likely N-dealkylation sites (tertiary alicyclic amines) is 1. The van der Waals surface area contributed by atoms with Gasteiger partial charge < -0.3 is 28.5 Å². The van der Waals surface area contributed by atoms with Crippen LogP contribution in [0.2, 0.25) is 0 Å². The Kier molecular flexibility index (Phi) is 7.04. The molecule has 3 heteroatoms. The summed E-state index contributed by atoms with van der Waals surface area (Å²) in [7, 11) is 2.36. The van der Waals surface area contributed by atoms with Crippen LogP contribution in [-0.2, 0) is 5.41 Å². The molecule has 0 bridgehead atoms. The molecule has 1 fully saturated rings. The largest absolute Gasteiger partial charge is 1.00 e. The second kappa shape index (κ2) is 8.82. The number of halogens is 1. The normalized spacial score (nSPS) is 16.5. The van der Waals surface area contributed by atoms with Crippen LogP contribution < -0.4 is 24.0 Å². The molecule has 132 valence electrons. The van der Waals surface area contributed by atoms with Crippen LogP contribution in [0.15, 0.2) is 60.7 Å². The van der Waals surface area contributed by atoms with E-state index in [4.69, 9.17) is 0 Å². The molecular weight excluding hydrogens is 419 g/mol. The van der Waals surface area contributed by atoms with Crippen LogP contribution in [0.4, 0.5) is 0 Å². The van der Waals surface area contributed by atoms with Crippen molar-refractivity contribution in [2.24, 2.45) is 0 Å². The highest BCUT2D eigenvalue weighted by molar-refractivity contribution is 5.45. The first-order chi connectivity index (χ1) is 11.7. The van der Waals surface area contributed by atoms with E-state index >= 15 is 0 Å². The summed E-state index contributed by atoms with van der Waals surface area (Å²) in [5, 5.41) is 10.2. The maximum atomic E-state index is 10.2. The Morgan fingerprint density at radius 1 is 0.880 bits per heavy atom. The number of hydrogen-bond acceptors (Lipinski definition) is 1. The SMILES string of the molecule is C[N+]1(CCC(C#N)(c2ccccc2)c2ccccc2)CCCCC1.[I-]. The Labute approximate surface area is 169 Å². The summed E-state index contributed by atoms with van der Waals surface area (Å²) in [6, 6.07) is 23.3. The highest BCUT2D eigenvalue weighted by Gasteiger charge is 2.37. The van der Waals surface area contributed by atoms with Crippen molar-refractivity contribution >= 4 is 0 Å². The first kappa shape index (κ1) is 19.9. The molecule has 2 aromatic rings. The second-order valence-corrected chi connectivity index (χ2v) is 7.35. The standard InChI is InChI=1S/C22H27N2.HI/c1-24(16-9-4-10-17-24)18-15-22(19-23,20-11-5-2-6-12-20)21-13-7-3-8-14-21;/h2-3,5-8,11-14H,4,9-10,15-18H2,1H3;1H/q+1;/p-1. The summed E-state index contributed by atoms with van der Waals surface area (Å²) in [4.78, 5) is 0. The summed E-state index contributed by atoms with van der Waals surface area (Å²) >= 11 is 0. The van der Waals surface area contributed by atoms with Crippen LogP contribution in [0.25, 0.3) is 0 Å². The Hall–Kier alpha value is -1.38. The minimum atomic E-state index is -0.554. The molecule has 0 aromatic heterocycles. The zero-order chi connectivity index (χ0) is 16.9. The van der Waals surface area contributed by atoms with Gasteiger partial charge in [-0.25, -0.2) is 0 Å². The lowest BCUT2D eigenvalue weighted by Crippen LogP contribution is -3.00. The van der Waals surface area contributed by atoms with E-state index in [1.54, 1.807) is 0 Å². The quantitative estimate of drug-likeness (QED) is 0.505. The van der Waals surface area contributed by atoms with Gasteiger partial charge in [0.1, 0.15) is 5.41 Å². The molecule has 0 aliphatic carbocycles. The summed E-state index contributed by atoms with van der Waals surface area (Å²) in [6.07, 6.45) is 4.85. The molecule has 1 aliphatic heterocycles. The molecule has 25 heavy (non-hydrogen) atoms. The van der Waals surface area contributed by atoms with Gasteiger partial charge in [-0.1, -0.05) is 60.7 Å². The molecule has 2 aromatic carbocycles. The Balaban J connectivity index is 0.00000225. The van der Waals surface area contributed by atoms with E-state index in [2.05, 4.69) is 37.4 Å². The summed E-state index contributed by atoms with van der Waals surface area (Å²) in [5.41, 5.74) is 1.67. The molecule has 2 nitrogen and oxygen atoms in total. The highest BCUT2D eigenvalue weighted by Crippen LogP contribution is 2.36. The molecule has 3 rings (SSSR count). The Bertz CT molecular complexity index is 645. The van der Waals surface area contributed by atoms with Crippen LogP contribution >= 0.6 is 0 Å². The van der Waals surface area contributed by atoms with Gasteiger partial charge in [-0.3, -0.25) is 0 Å². The highest BCUT2D eigenvalue weighted by atomic mass is 127. The van der Waals surface area contributed by atoms with E-state index < -0.39 is 5.41 Å². The second-order valence-electron chi connectivity index (χ2n) is 7.35. The Morgan fingerprint density at radius 3 is 1.80 bits per heavy atom. The maximum Gasteiger partial charge on any atom is 0.112 e. The molecule has 0 atom stereocenters. The average molecular weight is 446 g/mol. The lowest BCUT2D eigenvalue weighted by atomic mass is 9.73. The van der Waals surface area contributed by atoms with Crippen LogP contribution in [0.3, 0.4) is 0 Å². The fraction of sp³-hybridized carbons (Fsp3) is 0.409. The van der Waals surface area contributed by atoms with Gasteiger partial charge in [0.15, 0.2) is 0 Å². The number of nitriles is 1. The summed E-state index contributed by atoms with van der Waals surface area (Å²) in [5.74, 6) is 0. The number of benzene rings is 2. The monoisotopic (exact) mass is 446 g/mol. The fourth-order valence-electron chi connectivity index (χ4n) is 4.02. The summed E-state index contributed by atoms with van der Waals surface area (Å²) in [6.45, 7) is 3.54. The lowest BCUT2D eigenvalue weighted by molar-refractivity contribution is -0.914. The van der Waals surface area contributed by atoms with E-state index in [1.165, 1.54) is 32.4 Å². The van der Waals surface area contributed by atoms with Gasteiger partial charge in [0.05, 0.1) is 32.8 Å². The predicted octanol–water partition coefficient (Wildman–Crippen LogP) is 1.52. The third-order valence-electron chi connectivity index (χ3n) is 5.65. The molecule has 0 radical (unpaired) electrons. The van der Waals surface area contributed by atoms with Crippen molar-refractivity contribution < 1.29 is 28.5 Å². The Morgan fingerprint density at radius 2 is 1.36 bits per heavy atom. The van der Waals surface area contributed by atoms with E-state index in [-0.39, 0.29) is 24.0 Å². The molecule has 1 heterocycles. The predicted molar refractivity (Wildman–Crippen MR) is 98.5 cm³/mol. The molecule has 0 unspecified atom stereocenters. The van der Waals surface area contributed by atoms with Gasteiger partial charge in [0.25, 0.3) is 0 Å². The maximum absolute atomic E-state index is 10.2. The number of nitrogens with zero attached hydrogens (tertiary/aromatic N) is 2. The third-order valence-corrected chi connectivity index (χ3v) is 5.65. The van der Waals surface area contributed by atoms with Crippen molar-refractivity contribution in [3.63, 3.8) is 0 Å². The van der Waals surface area contributed by atoms with Gasteiger partial charge in [-0.15, -0.1) is 0 Å². The number of hydrogen-bond donors (Lipinski definition) is 0. The zero-order valence-electron chi connectivity index (χ0n) is 15.0. The van der Waals surface area contributed by atoms with Crippen LogP contribution in [0, 0.1) is 11.3 Å². The zero-order valence-corrected chi connectivity index (χ0v) is 17.2. The van der Waals surface area contributed by atoms with E-state index in [1.807, 2.05) is 36.4 Å². The molecule has 0 N–H and O–H groups in total. The van der Waals surface area contributed by atoms with Gasteiger partial charge in [0.2, 0.25) is 0 Å². The van der Waals surface area contributed by atoms with Crippen molar-refractivity contribution in [3.05, 3.63) is 71.8 Å². The smallest absolute Gasteiger partial charge is 0.112 e. The van der Waals surface area contributed by atoms with Crippen LogP contribution in [0.5, 0.6) is 0 Å². The lowest BCUT2D eigenvalue weighted by Gasteiger charge is -2.40. The molecule has 1 aliphatic rings. The van der Waals surface area contributed by atoms with Crippen LogP contribution in [-0.4, -0.2) is 31.2 Å². The van der Waals surface area contributed by atoms with E-state index in [9.17, 15) is 5.26 Å². The fourth-order valence-corrected chi connectivity index (χ4v) is 4.02. The molecule has 0 spiro atoms. The first-order valence-corrected chi connectivity index (χ1v) is 9.04. The van der Waals surface area contributed by atoms with Crippen molar-refractivity contribution in [3.8, 4) is 6.07 Å². The number of quaternary nitrogens is 1. The van der Waals surface area contributed by atoms with Gasteiger partial charge in [0, 0.05) is 6.42 Å². The molecular formula is C22H27IN2. The van der Waals surface area contributed by atoms with Gasteiger partial charge in [-0.05, 0) is 30.4 Å². The topological polar surface area (TPSA) is 23.8 Å². The van der Waals surface area contributed by atoms with Crippen molar-refractivity contribution in [1.82, 2.24) is 0 Å². The minimum Gasteiger partial charge on any atom is -1.00 e. The molecule has 1 saturated heterocycles. The van der Waals surface area contributed by atoms with Gasteiger partial charge >= 0.3 is 0 Å². The number of piperidine rings is 1. The van der Waals surface area contributed by atoms with E-state index in [0.29, 0.717) is 0 Å². The van der Waals surface area contributed by atoms with Gasteiger partial charge in [-0.2, -0.15) is 5.26 Å². The number of rotatable bonds is 5. The summed E-state index contributed by atoms with van der Waals surface area (Å²) < 4.78 is 1.10. The minimum absolute atomic E-state index is 0. The molecule has 0 amide bonds. The van der Waals surface area contributed by atoms with Crippen molar-refractivity contribution in [1.29, 1.82) is 5.26 Å². The third kappa shape index (κ3) is 4.43. The average Bonchev–Trinajstić information content (AvgIpc) is 2.65. The van der Waals surface area contributed by atoms with Crippen molar-refractivity contribution in [2.75, 3.05) is 26.7 Å². The van der Waals surface area contributed by atoms with E-state index in [0.717, 1.165) is 28.6 Å². The van der Waals surface area contributed by atoms with Crippen LogP contribution in [0.1, 0.15) is 36.8 Å². The first-order valence-electron chi connectivity index (χ1n) is 9.04. The molecule has 0 saturated carbocycles.